The monoisotopic (exact) mass is 355 g/mol. The van der Waals surface area contributed by atoms with E-state index in [9.17, 15) is 4.79 Å². The minimum Gasteiger partial charge on any atom is -0.492 e. The Balaban J connectivity index is 1.70. The van der Waals surface area contributed by atoms with E-state index in [4.69, 9.17) is 9.57 Å². The molecule has 0 saturated carbocycles. The van der Waals surface area contributed by atoms with Gasteiger partial charge in [-0.05, 0) is 6.07 Å². The molecule has 2 atom stereocenters. The third-order valence-corrected chi connectivity index (χ3v) is 5.26. The van der Waals surface area contributed by atoms with Crippen molar-refractivity contribution in [3.63, 3.8) is 0 Å². The average molecular weight is 355 g/mol. The molecule has 0 bridgehead atoms. The molecule has 2 aliphatic heterocycles. The minimum atomic E-state index is -1.02. The number of ether oxygens (including phenoxy) is 1. The first-order valence-corrected chi connectivity index (χ1v) is 8.92. The lowest BCUT2D eigenvalue weighted by Crippen LogP contribution is -2.49. The lowest BCUT2D eigenvalue weighted by Gasteiger charge is -2.37. The molecular weight excluding hydrogens is 338 g/mol. The van der Waals surface area contributed by atoms with Crippen molar-refractivity contribution in [3.05, 3.63) is 102 Å². The van der Waals surface area contributed by atoms with Crippen LogP contribution in [0.5, 0.6) is 5.75 Å². The van der Waals surface area contributed by atoms with Gasteiger partial charge in [0.15, 0.2) is 17.3 Å². The zero-order chi connectivity index (χ0) is 18.3. The largest absolute Gasteiger partial charge is 0.492 e. The van der Waals surface area contributed by atoms with Crippen molar-refractivity contribution >= 4 is 11.5 Å². The summed E-state index contributed by atoms with van der Waals surface area (Å²) in [6, 6.07) is 26.7. The Morgan fingerprint density at radius 1 is 0.889 bits per heavy atom. The van der Waals surface area contributed by atoms with Gasteiger partial charge in [-0.1, -0.05) is 84.0 Å². The van der Waals surface area contributed by atoms with Gasteiger partial charge in [-0.15, -0.1) is 0 Å². The first-order valence-electron chi connectivity index (χ1n) is 8.92. The fourth-order valence-corrected chi connectivity index (χ4v) is 3.93. The fraction of sp³-hybridized carbons (Fsp3) is 0.130. The van der Waals surface area contributed by atoms with Crippen LogP contribution in [0.4, 0.5) is 0 Å². The van der Waals surface area contributed by atoms with Gasteiger partial charge in [0.25, 0.3) is 0 Å². The van der Waals surface area contributed by atoms with Crippen LogP contribution in [-0.4, -0.2) is 18.1 Å². The SMILES string of the molecule is O=C(c1ccccc1)[C@@]12COc3ccccc3[C@@H]1ON=C2c1ccccc1. The van der Waals surface area contributed by atoms with Crippen LogP contribution in [0, 0.1) is 5.41 Å². The van der Waals surface area contributed by atoms with Gasteiger partial charge in [0.2, 0.25) is 0 Å². The Morgan fingerprint density at radius 2 is 1.56 bits per heavy atom. The molecule has 3 aromatic carbocycles. The average Bonchev–Trinajstić information content (AvgIpc) is 3.15. The van der Waals surface area contributed by atoms with Crippen LogP contribution in [0.1, 0.15) is 27.6 Å². The highest BCUT2D eigenvalue weighted by Crippen LogP contribution is 2.52. The fourth-order valence-electron chi connectivity index (χ4n) is 3.93. The van der Waals surface area contributed by atoms with Gasteiger partial charge in [-0.25, -0.2) is 0 Å². The Labute approximate surface area is 157 Å². The maximum atomic E-state index is 13.8. The summed E-state index contributed by atoms with van der Waals surface area (Å²) in [5.41, 5.74) is 1.95. The third-order valence-electron chi connectivity index (χ3n) is 5.26. The van der Waals surface area contributed by atoms with Crippen molar-refractivity contribution in [3.8, 4) is 5.75 Å². The number of rotatable bonds is 3. The van der Waals surface area contributed by atoms with Gasteiger partial charge in [0.05, 0.1) is 0 Å². The van der Waals surface area contributed by atoms with Crippen LogP contribution >= 0.6 is 0 Å². The molecule has 0 unspecified atom stereocenters. The lowest BCUT2D eigenvalue weighted by atomic mass is 9.68. The number of para-hydroxylation sites is 1. The Kier molecular flexibility index (Phi) is 3.57. The summed E-state index contributed by atoms with van der Waals surface area (Å²) in [5, 5.41) is 4.38. The van der Waals surface area contributed by atoms with E-state index in [0.29, 0.717) is 11.3 Å². The maximum absolute atomic E-state index is 13.8. The standard InChI is InChI=1S/C23H17NO3/c25-21(17-11-5-2-6-12-17)23-15-26-19-14-8-7-13-18(19)22(23)27-24-20(23)16-9-3-1-4-10-16/h1-14,22H,15H2/t22-,23-/m0/s1. The molecule has 2 heterocycles. The van der Waals surface area contributed by atoms with E-state index in [1.807, 2.05) is 84.9 Å². The van der Waals surface area contributed by atoms with Crippen molar-refractivity contribution in [1.82, 2.24) is 0 Å². The van der Waals surface area contributed by atoms with E-state index < -0.39 is 11.5 Å². The Morgan fingerprint density at radius 3 is 2.33 bits per heavy atom. The molecule has 0 amide bonds. The molecule has 132 valence electrons. The number of Topliss-reactive ketones (excluding diaryl/α,β-unsaturated/α-hetero) is 1. The molecule has 5 rings (SSSR count). The first-order chi connectivity index (χ1) is 13.3. The number of nitrogens with zero attached hydrogens (tertiary/aromatic N) is 1. The van der Waals surface area contributed by atoms with Crippen molar-refractivity contribution < 1.29 is 14.4 Å². The Hall–Kier alpha value is -3.40. The van der Waals surface area contributed by atoms with E-state index in [1.54, 1.807) is 0 Å². The van der Waals surface area contributed by atoms with Gasteiger partial charge in [-0.3, -0.25) is 4.79 Å². The van der Waals surface area contributed by atoms with Crippen molar-refractivity contribution in [2.75, 3.05) is 6.61 Å². The summed E-state index contributed by atoms with van der Waals surface area (Å²) in [7, 11) is 0. The summed E-state index contributed by atoms with van der Waals surface area (Å²) in [4.78, 5) is 19.6. The summed E-state index contributed by atoms with van der Waals surface area (Å²) >= 11 is 0. The highest BCUT2D eigenvalue weighted by atomic mass is 16.7. The topological polar surface area (TPSA) is 47.9 Å². The Bertz CT molecular complexity index is 1030. The van der Waals surface area contributed by atoms with Gasteiger partial charge < -0.3 is 9.57 Å². The number of carbonyl (C=O) groups is 1. The van der Waals surface area contributed by atoms with Crippen LogP contribution in [0.2, 0.25) is 0 Å². The second kappa shape index (κ2) is 6.09. The zero-order valence-electron chi connectivity index (χ0n) is 14.5. The number of benzene rings is 3. The number of hydrogen-bond acceptors (Lipinski definition) is 4. The van der Waals surface area contributed by atoms with Gasteiger partial charge in [0.1, 0.15) is 18.1 Å². The molecule has 2 aliphatic rings. The predicted octanol–water partition coefficient (Wildman–Crippen LogP) is 4.42. The van der Waals surface area contributed by atoms with Crippen LogP contribution in [0.25, 0.3) is 0 Å². The molecule has 0 saturated heterocycles. The lowest BCUT2D eigenvalue weighted by molar-refractivity contribution is -0.00619. The van der Waals surface area contributed by atoms with E-state index in [0.717, 1.165) is 16.9 Å². The molecule has 4 nitrogen and oxygen atoms in total. The maximum Gasteiger partial charge on any atom is 0.182 e. The number of carbonyl (C=O) groups excluding carboxylic acids is 1. The smallest absolute Gasteiger partial charge is 0.182 e. The summed E-state index contributed by atoms with van der Waals surface area (Å²) in [6.45, 7) is 0.191. The number of hydrogen-bond donors (Lipinski definition) is 0. The zero-order valence-corrected chi connectivity index (χ0v) is 14.5. The number of oxime groups is 1. The minimum absolute atomic E-state index is 0.0392. The molecule has 0 N–H and O–H groups in total. The second-order valence-corrected chi connectivity index (χ2v) is 6.78. The normalized spacial score (nSPS) is 22.7. The quantitative estimate of drug-likeness (QED) is 0.653. The van der Waals surface area contributed by atoms with Gasteiger partial charge >= 0.3 is 0 Å². The molecule has 27 heavy (non-hydrogen) atoms. The summed E-state index contributed by atoms with van der Waals surface area (Å²) < 4.78 is 6.05. The third kappa shape index (κ3) is 2.30. The van der Waals surface area contributed by atoms with Crippen molar-refractivity contribution in [2.24, 2.45) is 10.6 Å². The summed E-state index contributed by atoms with van der Waals surface area (Å²) in [5.74, 6) is 0.700. The van der Waals surface area contributed by atoms with E-state index in [2.05, 4.69) is 5.16 Å². The van der Waals surface area contributed by atoms with Crippen molar-refractivity contribution in [2.45, 2.75) is 6.10 Å². The molecule has 0 radical (unpaired) electrons. The van der Waals surface area contributed by atoms with E-state index in [1.165, 1.54) is 0 Å². The van der Waals surface area contributed by atoms with E-state index in [-0.39, 0.29) is 12.4 Å². The number of ketones is 1. The van der Waals surface area contributed by atoms with E-state index >= 15 is 0 Å². The molecular formula is C23H17NO3. The highest BCUT2D eigenvalue weighted by molar-refractivity contribution is 6.23. The second-order valence-electron chi connectivity index (χ2n) is 6.78. The van der Waals surface area contributed by atoms with Gasteiger partial charge in [-0.2, -0.15) is 0 Å². The van der Waals surface area contributed by atoms with Crippen molar-refractivity contribution in [1.29, 1.82) is 0 Å². The first kappa shape index (κ1) is 15.8. The molecule has 0 aliphatic carbocycles. The van der Waals surface area contributed by atoms with Crippen LogP contribution in [-0.2, 0) is 4.84 Å². The van der Waals surface area contributed by atoms with Crippen LogP contribution < -0.4 is 4.74 Å². The predicted molar refractivity (Wildman–Crippen MR) is 102 cm³/mol. The summed E-state index contributed by atoms with van der Waals surface area (Å²) in [6.07, 6.45) is -0.509. The van der Waals surface area contributed by atoms with Crippen LogP contribution in [0.3, 0.4) is 0 Å². The molecule has 3 aromatic rings. The molecule has 0 spiro atoms. The molecule has 0 aromatic heterocycles. The molecule has 4 heteroatoms. The number of fused-ring (bicyclic) bond motifs is 3. The molecule has 0 fully saturated rings. The van der Waals surface area contributed by atoms with Crippen LogP contribution in [0.15, 0.2) is 90.1 Å². The van der Waals surface area contributed by atoms with Gasteiger partial charge in [0, 0.05) is 16.7 Å². The highest BCUT2D eigenvalue weighted by Gasteiger charge is 2.60.